The van der Waals surface area contributed by atoms with Gasteiger partial charge in [0.2, 0.25) is 0 Å². The Balaban J connectivity index is -0.0000000300. The smallest absolute Gasteiger partial charge is 0.672 e. The molecule has 0 saturated carbocycles. The van der Waals surface area contributed by atoms with Gasteiger partial charge in [0.1, 0.15) is 0 Å². The molecule has 56 valence electrons. The maximum Gasteiger partial charge on any atom is 2.00 e. The van der Waals surface area contributed by atoms with Gasteiger partial charge in [-0.05, 0) is 0 Å². The van der Waals surface area contributed by atoms with Crippen molar-refractivity contribution in [3.8, 4) is 0 Å². The van der Waals surface area contributed by atoms with Crippen molar-refractivity contribution >= 4 is 56.1 Å². The fourth-order valence-electron chi connectivity index (χ4n) is 0. The summed E-state index contributed by atoms with van der Waals surface area (Å²) in [5, 5.41) is 0. The molecule has 10 heavy (non-hydrogen) atoms. The van der Waals surface area contributed by atoms with Crippen molar-refractivity contribution in [1.29, 1.82) is 0 Å². The van der Waals surface area contributed by atoms with Gasteiger partial charge in [0.15, 0.2) is 0 Å². The summed E-state index contributed by atoms with van der Waals surface area (Å²) in [5.41, 5.74) is 0. The fourth-order valence-corrected chi connectivity index (χ4v) is 0. The molecular formula is CaNiO6Si2. The van der Waals surface area contributed by atoms with Crippen LogP contribution in [0.15, 0.2) is 0 Å². The molecule has 0 radical (unpaired) electrons. The first-order chi connectivity index (χ1) is 3.46. The van der Waals surface area contributed by atoms with Crippen LogP contribution in [0.25, 0.3) is 0 Å². The number of rotatable bonds is 0. The molecular weight excluding hydrogens is 251 g/mol. The second kappa shape index (κ2) is 16.5. The Morgan fingerprint density at radius 2 is 0.800 bits per heavy atom. The molecule has 0 heterocycles. The Kier molecular flexibility index (Phi) is 37.1. The molecule has 0 unspecified atom stereocenters. The van der Waals surface area contributed by atoms with Crippen molar-refractivity contribution in [2.45, 2.75) is 0 Å². The minimum atomic E-state index is -3.63. The van der Waals surface area contributed by atoms with Gasteiger partial charge >= 0.3 is 54.2 Å². The summed E-state index contributed by atoms with van der Waals surface area (Å²) in [4.78, 5) is 34.1. The third-order valence-corrected chi connectivity index (χ3v) is 0. The van der Waals surface area contributed by atoms with Crippen LogP contribution in [0.3, 0.4) is 0 Å². The van der Waals surface area contributed by atoms with Crippen molar-refractivity contribution in [2.24, 2.45) is 0 Å². The minimum Gasteiger partial charge on any atom is -0.672 e. The predicted molar refractivity (Wildman–Crippen MR) is 18.6 cm³/mol. The quantitative estimate of drug-likeness (QED) is 0.394. The predicted octanol–water partition coefficient (Wildman–Crippen LogP) is -6.14. The van der Waals surface area contributed by atoms with Crippen LogP contribution < -0.4 is 19.2 Å². The zero-order chi connectivity index (χ0) is 7.15. The van der Waals surface area contributed by atoms with E-state index in [9.17, 15) is 0 Å². The molecule has 0 fully saturated rings. The molecule has 0 aromatic rings. The molecule has 0 aliphatic carbocycles. The summed E-state index contributed by atoms with van der Waals surface area (Å²) < 4.78 is 17.0. The van der Waals surface area contributed by atoms with E-state index < -0.39 is 18.3 Å². The summed E-state index contributed by atoms with van der Waals surface area (Å²) in [7, 11) is -7.26. The third kappa shape index (κ3) is 588. The molecule has 0 amide bonds. The second-order valence-electron chi connectivity index (χ2n) is 0.500. The van der Waals surface area contributed by atoms with E-state index in [2.05, 4.69) is 0 Å². The molecule has 6 nitrogen and oxygen atoms in total. The standard InChI is InChI=1S/Ca.Ni.2O3Si/c;;2*1-4(2)3/q2*+2;2*-2. The topological polar surface area (TPSA) is 126 Å². The molecule has 0 N–H and O–H groups in total. The van der Waals surface area contributed by atoms with E-state index >= 15 is 0 Å². The first-order valence-electron chi connectivity index (χ1n) is 1.22. The summed E-state index contributed by atoms with van der Waals surface area (Å²) in [6.07, 6.45) is 0. The maximum atomic E-state index is 8.52. The van der Waals surface area contributed by atoms with Crippen molar-refractivity contribution in [3.63, 3.8) is 0 Å². The van der Waals surface area contributed by atoms with Crippen molar-refractivity contribution in [1.82, 2.24) is 0 Å². The van der Waals surface area contributed by atoms with Crippen LogP contribution >= 0.6 is 0 Å². The van der Waals surface area contributed by atoms with Crippen molar-refractivity contribution in [2.75, 3.05) is 0 Å². The van der Waals surface area contributed by atoms with E-state index in [-0.39, 0.29) is 54.2 Å². The van der Waals surface area contributed by atoms with Crippen LogP contribution in [-0.4, -0.2) is 56.1 Å². The number of hydrogen-bond acceptors (Lipinski definition) is 6. The molecule has 0 atom stereocenters. The average molecular weight is 251 g/mol. The van der Waals surface area contributed by atoms with E-state index in [4.69, 9.17) is 28.1 Å². The molecule has 0 aliphatic heterocycles. The first-order valence-corrected chi connectivity index (χ1v) is 3.67. The van der Waals surface area contributed by atoms with E-state index in [0.29, 0.717) is 0 Å². The molecule has 0 aromatic heterocycles. The van der Waals surface area contributed by atoms with Gasteiger partial charge in [-0.15, -0.1) is 0 Å². The molecule has 0 rings (SSSR count). The van der Waals surface area contributed by atoms with Crippen molar-refractivity contribution < 1.29 is 44.6 Å². The molecule has 10 heteroatoms. The summed E-state index contributed by atoms with van der Waals surface area (Å²) >= 11 is 0. The van der Waals surface area contributed by atoms with Crippen LogP contribution in [0.5, 0.6) is 0 Å². The van der Waals surface area contributed by atoms with Gasteiger partial charge in [-0.3, -0.25) is 0 Å². The van der Waals surface area contributed by atoms with Crippen LogP contribution in [-0.2, 0) is 25.4 Å². The van der Waals surface area contributed by atoms with Gasteiger partial charge in [-0.1, -0.05) is 0 Å². The van der Waals surface area contributed by atoms with Crippen molar-refractivity contribution in [3.05, 3.63) is 0 Å². The summed E-state index contributed by atoms with van der Waals surface area (Å²) in [6.45, 7) is 0. The van der Waals surface area contributed by atoms with Crippen LogP contribution in [0.4, 0.5) is 0 Å². The van der Waals surface area contributed by atoms with Gasteiger partial charge in [0.05, 0.1) is 0 Å². The summed E-state index contributed by atoms with van der Waals surface area (Å²) in [5.74, 6) is 0. The monoisotopic (exact) mass is 250 g/mol. The van der Waals surface area contributed by atoms with Gasteiger partial charge in [0.25, 0.3) is 0 Å². The Labute approximate surface area is 99.6 Å². The Bertz CT molecular complexity index is 73.7. The van der Waals surface area contributed by atoms with Gasteiger partial charge in [-0.25, -0.2) is 0 Å². The maximum absolute atomic E-state index is 8.52. The minimum absolute atomic E-state index is 0. The summed E-state index contributed by atoms with van der Waals surface area (Å²) in [6, 6.07) is 0. The normalized spacial score (nSPS) is 4.80. The Morgan fingerprint density at radius 3 is 0.800 bits per heavy atom. The Hall–Kier alpha value is 0.987. The van der Waals surface area contributed by atoms with Gasteiger partial charge in [0, 0.05) is 18.3 Å². The van der Waals surface area contributed by atoms with Crippen LogP contribution in [0.1, 0.15) is 0 Å². The molecule has 0 spiro atoms. The molecule has 0 saturated heterocycles. The van der Waals surface area contributed by atoms with Gasteiger partial charge < -0.3 is 28.1 Å². The zero-order valence-electron chi connectivity index (χ0n) is 4.47. The molecule has 0 aliphatic rings. The van der Waals surface area contributed by atoms with E-state index in [0.717, 1.165) is 0 Å². The van der Waals surface area contributed by atoms with Gasteiger partial charge in [-0.2, -0.15) is 0 Å². The third-order valence-electron chi connectivity index (χ3n) is 0. The largest absolute Gasteiger partial charge is 2.00 e. The zero-order valence-corrected chi connectivity index (χ0v) is 9.67. The van der Waals surface area contributed by atoms with Crippen LogP contribution in [0, 0.1) is 0 Å². The molecule has 0 bridgehead atoms. The van der Waals surface area contributed by atoms with Crippen LogP contribution in [0.2, 0.25) is 0 Å². The SMILES string of the molecule is O=[Si]([O-])[O-].O=[Si]([O-])[O-].[Ca+2].[Ni+2]. The first kappa shape index (κ1) is 22.4. The average Bonchev–Trinajstić information content (AvgIpc) is 1.25. The van der Waals surface area contributed by atoms with E-state index in [1.54, 1.807) is 0 Å². The Morgan fingerprint density at radius 1 is 0.800 bits per heavy atom. The fraction of sp³-hybridized carbons (Fsp3) is 0. The number of hydrogen-bond donors (Lipinski definition) is 0. The second-order valence-corrected chi connectivity index (χ2v) is 1.50. The molecule has 0 aromatic carbocycles. The van der Waals surface area contributed by atoms with E-state index in [1.165, 1.54) is 0 Å². The van der Waals surface area contributed by atoms with E-state index in [1.807, 2.05) is 0 Å².